The summed E-state index contributed by atoms with van der Waals surface area (Å²) in [4.78, 5) is 50.5. The summed E-state index contributed by atoms with van der Waals surface area (Å²) in [5.41, 5.74) is 6.37. The molecule has 0 fully saturated rings. The molecule has 35 heavy (non-hydrogen) atoms. The normalized spacial score (nSPS) is 16.2. The zero-order chi connectivity index (χ0) is 26.7. The Morgan fingerprint density at radius 1 is 0.886 bits per heavy atom. The highest BCUT2D eigenvalue weighted by Gasteiger charge is 2.33. The summed E-state index contributed by atoms with van der Waals surface area (Å²) < 4.78 is 0. The van der Waals surface area contributed by atoms with Crippen LogP contribution in [0.3, 0.4) is 0 Å². The number of phenols is 1. The number of carbonyl (C=O) groups is 4. The van der Waals surface area contributed by atoms with Gasteiger partial charge < -0.3 is 31.9 Å². The lowest BCUT2D eigenvalue weighted by Crippen LogP contribution is -2.59. The molecule has 0 bridgehead atoms. The summed E-state index contributed by atoms with van der Waals surface area (Å²) in [5, 5.41) is 27.0. The Balaban J connectivity index is 3.21. The molecule has 0 aliphatic rings. The highest BCUT2D eigenvalue weighted by atomic mass is 32.1. The highest BCUT2D eigenvalue weighted by molar-refractivity contribution is 7.80. The molecule has 6 unspecified atom stereocenters. The number of benzene rings is 1. The van der Waals surface area contributed by atoms with E-state index >= 15 is 0 Å². The van der Waals surface area contributed by atoms with Crippen molar-refractivity contribution in [2.45, 2.75) is 71.1 Å². The molecule has 1 aromatic carbocycles. The number of carbonyl (C=O) groups excluding carboxylic acids is 3. The molecule has 6 atom stereocenters. The van der Waals surface area contributed by atoms with Gasteiger partial charge in [0.2, 0.25) is 17.7 Å². The number of hydrogen-bond donors (Lipinski definition) is 7. The van der Waals surface area contributed by atoms with E-state index in [-0.39, 0.29) is 29.8 Å². The van der Waals surface area contributed by atoms with Crippen LogP contribution >= 0.6 is 12.6 Å². The van der Waals surface area contributed by atoms with Crippen LogP contribution < -0.4 is 21.7 Å². The molecule has 3 amide bonds. The summed E-state index contributed by atoms with van der Waals surface area (Å²) in [6.07, 6.45) is 1.14. The number of carboxylic acid groups (broad SMARTS) is 1. The number of carboxylic acids is 1. The number of aromatic hydroxyl groups is 1. The van der Waals surface area contributed by atoms with Gasteiger partial charge in [0.1, 0.15) is 23.9 Å². The zero-order valence-corrected chi connectivity index (χ0v) is 21.5. The lowest BCUT2D eigenvalue weighted by molar-refractivity contribution is -0.143. The molecule has 0 aliphatic carbocycles. The molecule has 0 radical (unpaired) electrons. The fraction of sp³-hybridized carbons (Fsp3) is 0.583. The van der Waals surface area contributed by atoms with Crippen LogP contribution in [-0.2, 0) is 25.6 Å². The van der Waals surface area contributed by atoms with Gasteiger partial charge in [-0.05, 0) is 29.5 Å². The van der Waals surface area contributed by atoms with Crippen molar-refractivity contribution in [2.24, 2.45) is 17.6 Å². The van der Waals surface area contributed by atoms with Crippen LogP contribution in [0.25, 0.3) is 0 Å². The predicted molar refractivity (Wildman–Crippen MR) is 136 cm³/mol. The van der Waals surface area contributed by atoms with Gasteiger partial charge in [-0.1, -0.05) is 52.7 Å². The Morgan fingerprint density at radius 2 is 1.40 bits per heavy atom. The number of hydrogen-bond acceptors (Lipinski definition) is 7. The first-order chi connectivity index (χ1) is 16.4. The monoisotopic (exact) mass is 510 g/mol. The smallest absolute Gasteiger partial charge is 0.326 e. The van der Waals surface area contributed by atoms with Crippen molar-refractivity contribution >= 4 is 36.3 Å². The maximum atomic E-state index is 13.2. The minimum absolute atomic E-state index is 0.0431. The van der Waals surface area contributed by atoms with Gasteiger partial charge in [-0.25, -0.2) is 4.79 Å². The summed E-state index contributed by atoms with van der Waals surface area (Å²) in [5.74, 6) is -3.43. The molecule has 0 saturated carbocycles. The molecule has 1 aromatic rings. The first-order valence-electron chi connectivity index (χ1n) is 11.7. The molecule has 0 spiro atoms. The number of phenolic OH excluding ortho intramolecular Hbond substituents is 1. The first-order valence-corrected chi connectivity index (χ1v) is 12.4. The Kier molecular flexibility index (Phi) is 12.6. The van der Waals surface area contributed by atoms with Crippen LogP contribution in [0.4, 0.5) is 0 Å². The summed E-state index contributed by atoms with van der Waals surface area (Å²) >= 11 is 4.02. The fourth-order valence-electron chi connectivity index (χ4n) is 3.32. The van der Waals surface area contributed by atoms with E-state index in [9.17, 15) is 29.4 Å². The van der Waals surface area contributed by atoms with Crippen molar-refractivity contribution in [1.82, 2.24) is 16.0 Å². The molecular formula is C24H38N4O6S. The van der Waals surface area contributed by atoms with Crippen molar-refractivity contribution in [3.63, 3.8) is 0 Å². The van der Waals surface area contributed by atoms with Gasteiger partial charge in [0.05, 0.1) is 6.04 Å². The van der Waals surface area contributed by atoms with Crippen LogP contribution in [0, 0.1) is 11.8 Å². The Morgan fingerprint density at radius 3 is 1.89 bits per heavy atom. The second kappa shape index (κ2) is 14.6. The average Bonchev–Trinajstić information content (AvgIpc) is 2.84. The minimum Gasteiger partial charge on any atom is -0.508 e. The molecule has 196 valence electrons. The van der Waals surface area contributed by atoms with Crippen LogP contribution in [0.2, 0.25) is 0 Å². The van der Waals surface area contributed by atoms with Crippen molar-refractivity contribution < 1.29 is 29.4 Å². The van der Waals surface area contributed by atoms with E-state index in [0.29, 0.717) is 18.4 Å². The van der Waals surface area contributed by atoms with Crippen molar-refractivity contribution in [3.8, 4) is 5.75 Å². The van der Waals surface area contributed by atoms with Crippen molar-refractivity contribution in [2.75, 3.05) is 5.75 Å². The molecule has 1 rings (SSSR count). The number of thiol groups is 1. The van der Waals surface area contributed by atoms with Crippen molar-refractivity contribution in [3.05, 3.63) is 29.8 Å². The first kappa shape index (κ1) is 30.2. The molecule has 0 aliphatic heterocycles. The van der Waals surface area contributed by atoms with Gasteiger partial charge in [-0.2, -0.15) is 12.6 Å². The second-order valence-electron chi connectivity index (χ2n) is 8.80. The topological polar surface area (TPSA) is 171 Å². The quantitative estimate of drug-likeness (QED) is 0.182. The van der Waals surface area contributed by atoms with E-state index in [4.69, 9.17) is 5.73 Å². The maximum Gasteiger partial charge on any atom is 0.326 e. The zero-order valence-electron chi connectivity index (χ0n) is 20.7. The molecule has 10 nitrogen and oxygen atoms in total. The Labute approximate surface area is 211 Å². The lowest BCUT2D eigenvalue weighted by Gasteiger charge is -2.28. The third-order valence-electron chi connectivity index (χ3n) is 6.11. The second-order valence-corrected chi connectivity index (χ2v) is 9.17. The van der Waals surface area contributed by atoms with Gasteiger partial charge in [0.25, 0.3) is 0 Å². The van der Waals surface area contributed by atoms with E-state index in [1.54, 1.807) is 26.0 Å². The van der Waals surface area contributed by atoms with Crippen molar-refractivity contribution in [1.29, 1.82) is 0 Å². The van der Waals surface area contributed by atoms with Crippen LogP contribution in [0.5, 0.6) is 5.75 Å². The average molecular weight is 511 g/mol. The summed E-state index contributed by atoms with van der Waals surface area (Å²) in [7, 11) is 0. The van der Waals surface area contributed by atoms with Gasteiger partial charge in [-0.3, -0.25) is 14.4 Å². The molecule has 0 aromatic heterocycles. The molecule has 0 heterocycles. The van der Waals surface area contributed by atoms with Gasteiger partial charge in [0.15, 0.2) is 0 Å². The number of aliphatic carboxylic acids is 1. The maximum absolute atomic E-state index is 13.2. The standard InChI is InChI=1S/C24H38N4O6S/c1-5-13(3)19(27-21(30)17(25)12-35)23(32)26-18(11-15-7-9-16(29)10-8-15)22(31)28-20(24(33)34)14(4)6-2/h7-10,13-14,17-20,29,35H,5-6,11-12,25H2,1-4H3,(H,26,32)(H,27,30)(H,28,31)(H,33,34). The fourth-order valence-corrected chi connectivity index (χ4v) is 3.49. The number of amides is 3. The summed E-state index contributed by atoms with van der Waals surface area (Å²) in [6.45, 7) is 7.18. The highest BCUT2D eigenvalue weighted by Crippen LogP contribution is 2.14. The largest absolute Gasteiger partial charge is 0.508 e. The Bertz CT molecular complexity index is 866. The van der Waals surface area contributed by atoms with E-state index in [2.05, 4.69) is 28.6 Å². The SMILES string of the molecule is CCC(C)C(NC(=O)C(Cc1ccc(O)cc1)NC(=O)C(NC(=O)C(N)CS)C(C)CC)C(=O)O. The molecule has 11 heteroatoms. The molecule has 0 saturated heterocycles. The molecular weight excluding hydrogens is 472 g/mol. The van der Waals surface area contributed by atoms with Gasteiger partial charge in [0, 0.05) is 12.2 Å². The third-order valence-corrected chi connectivity index (χ3v) is 6.51. The van der Waals surface area contributed by atoms with Crippen LogP contribution in [0.15, 0.2) is 24.3 Å². The lowest BCUT2D eigenvalue weighted by atomic mass is 9.96. The summed E-state index contributed by atoms with van der Waals surface area (Å²) in [6, 6.07) is 1.98. The van der Waals surface area contributed by atoms with E-state index in [1.807, 2.05) is 13.8 Å². The minimum atomic E-state index is -1.17. The van der Waals surface area contributed by atoms with E-state index in [0.717, 1.165) is 0 Å². The predicted octanol–water partition coefficient (Wildman–Crippen LogP) is 0.823. The third kappa shape index (κ3) is 9.41. The molecule has 7 N–H and O–H groups in total. The number of nitrogens with one attached hydrogen (secondary N) is 3. The Hall–Kier alpha value is -2.79. The van der Waals surface area contributed by atoms with Crippen LogP contribution in [0.1, 0.15) is 46.1 Å². The number of nitrogens with two attached hydrogens (primary N) is 1. The van der Waals surface area contributed by atoms with Gasteiger partial charge >= 0.3 is 5.97 Å². The van der Waals surface area contributed by atoms with E-state index < -0.39 is 47.9 Å². The van der Waals surface area contributed by atoms with E-state index in [1.165, 1.54) is 12.1 Å². The van der Waals surface area contributed by atoms with Gasteiger partial charge in [-0.15, -0.1) is 0 Å². The number of rotatable bonds is 14. The van der Waals surface area contributed by atoms with Crippen LogP contribution in [-0.4, -0.2) is 63.8 Å².